The molecule has 4 aromatic carbocycles. The summed E-state index contributed by atoms with van der Waals surface area (Å²) in [5.74, 6) is 2.41. The average molecular weight is 605 g/mol. The van der Waals surface area contributed by atoms with Gasteiger partial charge in [-0.25, -0.2) is 9.67 Å². The molecule has 5 heteroatoms. The molecular weight excluding hydrogens is 564 g/mol. The molecule has 0 aliphatic rings. The predicted molar refractivity (Wildman–Crippen MR) is 190 cm³/mol. The lowest BCUT2D eigenvalue weighted by Crippen LogP contribution is -2.15. The molecule has 46 heavy (non-hydrogen) atoms. The van der Waals surface area contributed by atoms with Gasteiger partial charge in [0.25, 0.3) is 0 Å². The van der Waals surface area contributed by atoms with Crippen molar-refractivity contribution in [2.24, 2.45) is 0 Å². The molecule has 0 fully saturated rings. The number of hydrogen-bond donors (Lipinski definition) is 0. The third-order valence-corrected chi connectivity index (χ3v) is 8.91. The first-order valence-electron chi connectivity index (χ1n) is 16.2. The molecule has 5 nitrogen and oxygen atoms in total. The number of para-hydroxylation sites is 1. The fourth-order valence-corrected chi connectivity index (χ4v) is 6.74. The lowest BCUT2D eigenvalue weighted by Gasteiger charge is -2.26. The number of aromatic nitrogens is 4. The molecule has 0 amide bonds. The van der Waals surface area contributed by atoms with E-state index in [0.717, 1.165) is 57.8 Å². The monoisotopic (exact) mass is 604 g/mol. The Morgan fingerprint density at radius 2 is 1.57 bits per heavy atom. The van der Waals surface area contributed by atoms with Crippen molar-refractivity contribution < 1.29 is 4.74 Å². The maximum absolute atomic E-state index is 6.50. The first kappa shape index (κ1) is 29.5. The standard InChI is InChI=1S/C41H40N4O/c1-7-28-16-19-36(41(4,5)6)33(8-2)40(28)29-25-43-44(26-29)30-12-11-13-31(23-30)46-32-17-18-35-34-14-9-10-15-37(34)45(38(35)24-32)39-22-27(3)20-21-42-39/h9-26H,7-8H2,1-6H3. The van der Waals surface area contributed by atoms with E-state index < -0.39 is 0 Å². The zero-order chi connectivity index (χ0) is 32.0. The molecule has 3 heterocycles. The van der Waals surface area contributed by atoms with Crippen LogP contribution in [0.1, 0.15) is 56.9 Å². The van der Waals surface area contributed by atoms with Crippen LogP contribution in [0.4, 0.5) is 0 Å². The van der Waals surface area contributed by atoms with Crippen molar-refractivity contribution in [2.45, 2.75) is 59.8 Å². The molecule has 230 valence electrons. The van der Waals surface area contributed by atoms with Crippen molar-refractivity contribution >= 4 is 21.8 Å². The second-order valence-electron chi connectivity index (χ2n) is 13.1. The van der Waals surface area contributed by atoms with Crippen molar-refractivity contribution in [2.75, 3.05) is 0 Å². The summed E-state index contributed by atoms with van der Waals surface area (Å²) in [4.78, 5) is 4.72. The molecule has 0 unspecified atom stereocenters. The quantitative estimate of drug-likeness (QED) is 0.182. The summed E-state index contributed by atoms with van der Waals surface area (Å²) in [5, 5.41) is 7.18. The van der Waals surface area contributed by atoms with Crippen molar-refractivity contribution in [3.63, 3.8) is 0 Å². The first-order chi connectivity index (χ1) is 22.2. The zero-order valence-corrected chi connectivity index (χ0v) is 27.5. The number of pyridine rings is 1. The normalized spacial score (nSPS) is 11.9. The summed E-state index contributed by atoms with van der Waals surface area (Å²) >= 11 is 0. The highest BCUT2D eigenvalue weighted by Crippen LogP contribution is 2.38. The summed E-state index contributed by atoms with van der Waals surface area (Å²) in [6.07, 6.45) is 7.97. The summed E-state index contributed by atoms with van der Waals surface area (Å²) in [5.41, 5.74) is 11.0. The van der Waals surface area contributed by atoms with Crippen LogP contribution in [0.2, 0.25) is 0 Å². The lowest BCUT2D eigenvalue weighted by molar-refractivity contribution is 0.483. The largest absolute Gasteiger partial charge is 0.457 e. The van der Waals surface area contributed by atoms with Crippen molar-refractivity contribution in [3.8, 4) is 34.1 Å². The number of fused-ring (bicyclic) bond motifs is 3. The molecule has 0 aliphatic heterocycles. The van der Waals surface area contributed by atoms with Crippen LogP contribution in [0.3, 0.4) is 0 Å². The van der Waals surface area contributed by atoms with Gasteiger partial charge in [0.1, 0.15) is 17.3 Å². The molecule has 7 aromatic rings. The van der Waals surface area contributed by atoms with E-state index in [0.29, 0.717) is 0 Å². The second-order valence-corrected chi connectivity index (χ2v) is 13.1. The van der Waals surface area contributed by atoms with E-state index in [9.17, 15) is 0 Å². The van der Waals surface area contributed by atoms with E-state index in [1.165, 1.54) is 33.2 Å². The van der Waals surface area contributed by atoms with Gasteiger partial charge >= 0.3 is 0 Å². The Hall–Kier alpha value is -5.16. The smallest absolute Gasteiger partial charge is 0.137 e. The minimum atomic E-state index is 0.0714. The highest BCUT2D eigenvalue weighted by molar-refractivity contribution is 6.09. The zero-order valence-electron chi connectivity index (χ0n) is 27.5. The summed E-state index contributed by atoms with van der Waals surface area (Å²) in [6.45, 7) is 13.5. The molecule has 0 saturated carbocycles. The maximum Gasteiger partial charge on any atom is 0.137 e. The van der Waals surface area contributed by atoms with Gasteiger partial charge in [0.15, 0.2) is 0 Å². The van der Waals surface area contributed by atoms with Gasteiger partial charge in [-0.1, -0.05) is 71.0 Å². The maximum atomic E-state index is 6.50. The molecular formula is C41H40N4O. The van der Waals surface area contributed by atoms with E-state index in [1.807, 2.05) is 47.4 Å². The minimum Gasteiger partial charge on any atom is -0.457 e. The van der Waals surface area contributed by atoms with Crippen molar-refractivity contribution in [3.05, 3.63) is 132 Å². The molecule has 0 spiro atoms. The van der Waals surface area contributed by atoms with Crippen LogP contribution in [-0.2, 0) is 18.3 Å². The van der Waals surface area contributed by atoms with Crippen LogP contribution in [0.5, 0.6) is 11.5 Å². The van der Waals surface area contributed by atoms with Gasteiger partial charge < -0.3 is 4.74 Å². The van der Waals surface area contributed by atoms with Gasteiger partial charge in [-0.05, 0) is 95.5 Å². The van der Waals surface area contributed by atoms with E-state index in [4.69, 9.17) is 14.8 Å². The molecule has 0 radical (unpaired) electrons. The number of rotatable bonds is 7. The van der Waals surface area contributed by atoms with Crippen LogP contribution in [-0.4, -0.2) is 19.3 Å². The Kier molecular flexibility index (Phi) is 7.48. The van der Waals surface area contributed by atoms with Gasteiger partial charge in [-0.15, -0.1) is 0 Å². The summed E-state index contributed by atoms with van der Waals surface area (Å²) in [6, 6.07) is 31.7. The average Bonchev–Trinajstić information content (AvgIpc) is 3.67. The Balaban J connectivity index is 1.25. The van der Waals surface area contributed by atoms with Crippen LogP contribution in [0, 0.1) is 6.92 Å². The Morgan fingerprint density at radius 3 is 2.35 bits per heavy atom. The van der Waals surface area contributed by atoms with Crippen molar-refractivity contribution in [1.29, 1.82) is 0 Å². The van der Waals surface area contributed by atoms with Gasteiger partial charge in [0.05, 0.1) is 22.9 Å². The second kappa shape index (κ2) is 11.6. The van der Waals surface area contributed by atoms with E-state index in [-0.39, 0.29) is 5.41 Å². The van der Waals surface area contributed by atoms with Crippen LogP contribution in [0.15, 0.2) is 110 Å². The molecule has 7 rings (SSSR count). The minimum absolute atomic E-state index is 0.0714. The number of hydrogen-bond acceptors (Lipinski definition) is 3. The number of nitrogens with zero attached hydrogens (tertiary/aromatic N) is 4. The Morgan fingerprint density at radius 1 is 0.761 bits per heavy atom. The third-order valence-electron chi connectivity index (χ3n) is 8.91. The number of aryl methyl sites for hydroxylation is 2. The van der Waals surface area contributed by atoms with Gasteiger partial charge in [0, 0.05) is 40.9 Å². The van der Waals surface area contributed by atoms with E-state index >= 15 is 0 Å². The molecule has 0 saturated heterocycles. The number of benzene rings is 4. The topological polar surface area (TPSA) is 44.9 Å². The summed E-state index contributed by atoms with van der Waals surface area (Å²) < 4.78 is 10.7. The Bertz CT molecular complexity index is 2210. The fraction of sp³-hybridized carbons (Fsp3) is 0.220. The van der Waals surface area contributed by atoms with E-state index in [2.05, 4.69) is 113 Å². The van der Waals surface area contributed by atoms with Gasteiger partial charge in [-0.2, -0.15) is 5.10 Å². The van der Waals surface area contributed by atoms with Crippen LogP contribution >= 0.6 is 0 Å². The molecule has 0 atom stereocenters. The SMILES string of the molecule is CCc1ccc(C(C)(C)C)c(CC)c1-c1cnn(-c2cccc(Oc3ccc4c5ccccc5n(-c5cc(C)ccn5)c4c3)c2)c1. The fourth-order valence-electron chi connectivity index (χ4n) is 6.74. The highest BCUT2D eigenvalue weighted by Gasteiger charge is 2.22. The highest BCUT2D eigenvalue weighted by atomic mass is 16.5. The Labute approximate surface area is 271 Å². The van der Waals surface area contributed by atoms with Crippen molar-refractivity contribution in [1.82, 2.24) is 19.3 Å². The van der Waals surface area contributed by atoms with Gasteiger partial charge in [-0.3, -0.25) is 4.57 Å². The molecule has 0 bridgehead atoms. The molecule has 0 aliphatic carbocycles. The lowest BCUT2D eigenvalue weighted by atomic mass is 9.79. The predicted octanol–water partition coefficient (Wildman–Crippen LogP) is 10.6. The van der Waals surface area contributed by atoms with Crippen LogP contribution < -0.4 is 4.74 Å². The third kappa shape index (κ3) is 5.26. The molecule has 3 aromatic heterocycles. The molecule has 0 N–H and O–H groups in total. The van der Waals surface area contributed by atoms with E-state index in [1.54, 1.807) is 0 Å². The summed E-state index contributed by atoms with van der Waals surface area (Å²) in [7, 11) is 0. The number of ether oxygens (including phenoxy) is 1. The first-order valence-corrected chi connectivity index (χ1v) is 16.2. The van der Waals surface area contributed by atoms with Crippen LogP contribution in [0.25, 0.3) is 44.4 Å². The van der Waals surface area contributed by atoms with Gasteiger partial charge in [0.2, 0.25) is 0 Å².